The van der Waals surface area contributed by atoms with E-state index in [-0.39, 0.29) is 12.3 Å². The van der Waals surface area contributed by atoms with Gasteiger partial charge in [-0.05, 0) is 11.8 Å². The first-order chi connectivity index (χ1) is 7.67. The first kappa shape index (κ1) is 12.2. The molecule has 86 valence electrons. The Morgan fingerprint density at radius 3 is 2.50 bits per heavy atom. The van der Waals surface area contributed by atoms with E-state index in [9.17, 15) is 10.1 Å². The predicted octanol–water partition coefficient (Wildman–Crippen LogP) is 1.53. The van der Waals surface area contributed by atoms with Crippen LogP contribution in [-0.2, 0) is 6.54 Å². The fraction of sp³-hybridized carbons (Fsp3) is 0.273. The van der Waals surface area contributed by atoms with Crippen molar-refractivity contribution in [1.82, 2.24) is 4.90 Å². The van der Waals surface area contributed by atoms with Crippen molar-refractivity contribution in [1.29, 1.82) is 0 Å². The third-order valence-electron chi connectivity index (χ3n) is 2.18. The van der Waals surface area contributed by atoms with Crippen molar-refractivity contribution in [3.8, 4) is 0 Å². The lowest BCUT2D eigenvalue weighted by Crippen LogP contribution is -2.20. The Hall–Kier alpha value is -1.88. The molecular weight excluding hydrogens is 208 g/mol. The Morgan fingerprint density at radius 2 is 2.06 bits per heavy atom. The van der Waals surface area contributed by atoms with Crippen LogP contribution >= 0.6 is 0 Å². The van der Waals surface area contributed by atoms with E-state index in [4.69, 9.17) is 5.11 Å². The first-order valence-electron chi connectivity index (χ1n) is 4.88. The summed E-state index contributed by atoms with van der Waals surface area (Å²) in [5.74, 6) is 0. The largest absolute Gasteiger partial charge is 0.395 e. The first-order valence-corrected chi connectivity index (χ1v) is 4.88. The molecule has 0 atom stereocenters. The molecule has 1 aromatic carbocycles. The summed E-state index contributed by atoms with van der Waals surface area (Å²) in [4.78, 5) is 11.8. The van der Waals surface area contributed by atoms with Crippen molar-refractivity contribution in [2.24, 2.45) is 0 Å². The average molecular weight is 222 g/mol. The highest BCUT2D eigenvalue weighted by Gasteiger charge is 2.05. The van der Waals surface area contributed by atoms with Crippen LogP contribution in [0.3, 0.4) is 0 Å². The lowest BCUT2D eigenvalue weighted by atomic mass is 10.2. The molecule has 1 rings (SSSR count). The molecule has 0 aliphatic heterocycles. The van der Waals surface area contributed by atoms with Crippen LogP contribution in [0.2, 0.25) is 0 Å². The molecule has 0 aliphatic carbocycles. The highest BCUT2D eigenvalue weighted by atomic mass is 16.6. The molecule has 0 spiro atoms. The van der Waals surface area contributed by atoms with E-state index in [2.05, 4.69) is 6.58 Å². The van der Waals surface area contributed by atoms with Gasteiger partial charge in [0, 0.05) is 25.2 Å². The molecule has 1 aromatic rings. The van der Waals surface area contributed by atoms with Gasteiger partial charge in [-0.2, -0.15) is 0 Å². The number of non-ortho nitro benzene ring substituents is 1. The molecule has 0 bridgehead atoms. The van der Waals surface area contributed by atoms with Crippen LogP contribution in [0.5, 0.6) is 0 Å². The van der Waals surface area contributed by atoms with Crippen molar-refractivity contribution in [2.45, 2.75) is 6.54 Å². The maximum absolute atomic E-state index is 10.4. The number of hydrogen-bond donors (Lipinski definition) is 1. The summed E-state index contributed by atoms with van der Waals surface area (Å²) >= 11 is 0. The number of nitro benzene ring substituents is 1. The third kappa shape index (κ3) is 3.36. The Balaban J connectivity index is 2.67. The summed E-state index contributed by atoms with van der Waals surface area (Å²) in [6.45, 7) is 4.77. The van der Waals surface area contributed by atoms with Gasteiger partial charge in [-0.3, -0.25) is 10.1 Å². The van der Waals surface area contributed by atoms with Crippen molar-refractivity contribution in [2.75, 3.05) is 13.2 Å². The fourth-order valence-corrected chi connectivity index (χ4v) is 1.32. The summed E-state index contributed by atoms with van der Waals surface area (Å²) in [5.41, 5.74) is 1.02. The monoisotopic (exact) mass is 222 g/mol. The molecule has 0 radical (unpaired) electrons. The zero-order valence-electron chi connectivity index (χ0n) is 8.87. The summed E-state index contributed by atoms with van der Waals surface area (Å²) in [7, 11) is 0. The molecule has 0 fully saturated rings. The molecule has 1 N–H and O–H groups in total. The molecular formula is C11H14N2O3. The zero-order chi connectivity index (χ0) is 12.0. The van der Waals surface area contributed by atoms with Gasteiger partial charge in [0.25, 0.3) is 5.69 Å². The minimum absolute atomic E-state index is 0.0546. The van der Waals surface area contributed by atoms with Gasteiger partial charge in [0.05, 0.1) is 11.5 Å². The SMILES string of the molecule is C=CN(CCO)Cc1ccc([N+](=O)[O-])cc1. The third-order valence-corrected chi connectivity index (χ3v) is 2.18. The van der Waals surface area contributed by atoms with E-state index in [0.717, 1.165) is 5.56 Å². The lowest BCUT2D eigenvalue weighted by Gasteiger charge is -2.18. The van der Waals surface area contributed by atoms with Gasteiger partial charge < -0.3 is 10.0 Å². The number of nitrogens with zero attached hydrogens (tertiary/aromatic N) is 2. The smallest absolute Gasteiger partial charge is 0.269 e. The zero-order valence-corrected chi connectivity index (χ0v) is 8.87. The lowest BCUT2D eigenvalue weighted by molar-refractivity contribution is -0.384. The number of aliphatic hydroxyl groups is 1. The van der Waals surface area contributed by atoms with Gasteiger partial charge in [-0.15, -0.1) is 0 Å². The number of nitro groups is 1. The van der Waals surface area contributed by atoms with Gasteiger partial charge in [0.1, 0.15) is 0 Å². The quantitative estimate of drug-likeness (QED) is 0.585. The van der Waals surface area contributed by atoms with E-state index in [1.54, 1.807) is 18.3 Å². The molecule has 5 heteroatoms. The van der Waals surface area contributed by atoms with E-state index in [1.165, 1.54) is 12.1 Å². The molecule has 0 saturated heterocycles. The van der Waals surface area contributed by atoms with Crippen LogP contribution in [0.15, 0.2) is 37.0 Å². The second-order valence-electron chi connectivity index (χ2n) is 3.30. The molecule has 0 unspecified atom stereocenters. The Kier molecular flexibility index (Phi) is 4.47. The van der Waals surface area contributed by atoms with E-state index < -0.39 is 4.92 Å². The number of aliphatic hydroxyl groups excluding tert-OH is 1. The van der Waals surface area contributed by atoms with Crippen LogP contribution in [-0.4, -0.2) is 28.1 Å². The van der Waals surface area contributed by atoms with Crippen molar-refractivity contribution >= 4 is 5.69 Å². The second-order valence-corrected chi connectivity index (χ2v) is 3.30. The molecule has 0 amide bonds. The van der Waals surface area contributed by atoms with Gasteiger partial charge >= 0.3 is 0 Å². The summed E-state index contributed by atoms with van der Waals surface area (Å²) in [5, 5.41) is 19.2. The van der Waals surface area contributed by atoms with Crippen molar-refractivity contribution in [3.05, 3.63) is 52.7 Å². The van der Waals surface area contributed by atoms with Crippen molar-refractivity contribution in [3.63, 3.8) is 0 Å². The molecule has 0 saturated carbocycles. The normalized spacial score (nSPS) is 9.81. The Bertz CT molecular complexity index is 362. The van der Waals surface area contributed by atoms with Crippen LogP contribution < -0.4 is 0 Å². The average Bonchev–Trinajstić information content (AvgIpc) is 2.29. The van der Waals surface area contributed by atoms with E-state index in [1.807, 2.05) is 4.90 Å². The molecule has 5 nitrogen and oxygen atoms in total. The molecule has 0 aliphatic rings. The van der Waals surface area contributed by atoms with Crippen LogP contribution in [0.25, 0.3) is 0 Å². The molecule has 0 heterocycles. The van der Waals surface area contributed by atoms with Crippen LogP contribution in [0, 0.1) is 10.1 Å². The molecule has 16 heavy (non-hydrogen) atoms. The number of benzene rings is 1. The van der Waals surface area contributed by atoms with E-state index in [0.29, 0.717) is 13.1 Å². The van der Waals surface area contributed by atoms with Gasteiger partial charge in [-0.25, -0.2) is 0 Å². The standard InChI is InChI=1S/C11H14N2O3/c1-2-12(7-8-14)9-10-3-5-11(6-4-10)13(15)16/h2-6,14H,1,7-9H2. The Morgan fingerprint density at radius 1 is 1.44 bits per heavy atom. The predicted molar refractivity (Wildman–Crippen MR) is 60.8 cm³/mol. The Labute approximate surface area is 93.8 Å². The van der Waals surface area contributed by atoms with Crippen LogP contribution in [0.1, 0.15) is 5.56 Å². The van der Waals surface area contributed by atoms with Crippen molar-refractivity contribution < 1.29 is 10.0 Å². The molecule has 0 aromatic heterocycles. The highest BCUT2D eigenvalue weighted by Crippen LogP contribution is 2.13. The van der Waals surface area contributed by atoms with Crippen LogP contribution in [0.4, 0.5) is 5.69 Å². The van der Waals surface area contributed by atoms with Gasteiger partial charge in [0.15, 0.2) is 0 Å². The topological polar surface area (TPSA) is 66.6 Å². The minimum atomic E-state index is -0.428. The maximum Gasteiger partial charge on any atom is 0.269 e. The van der Waals surface area contributed by atoms with E-state index >= 15 is 0 Å². The maximum atomic E-state index is 10.4. The fourth-order valence-electron chi connectivity index (χ4n) is 1.32. The highest BCUT2D eigenvalue weighted by molar-refractivity contribution is 5.32. The summed E-state index contributed by atoms with van der Waals surface area (Å²) in [6.07, 6.45) is 1.64. The van der Waals surface area contributed by atoms with Gasteiger partial charge in [0.2, 0.25) is 0 Å². The second kappa shape index (κ2) is 5.87. The number of hydrogen-bond acceptors (Lipinski definition) is 4. The summed E-state index contributed by atoms with van der Waals surface area (Å²) < 4.78 is 0. The number of rotatable bonds is 6. The summed E-state index contributed by atoms with van der Waals surface area (Å²) in [6, 6.07) is 6.34. The van der Waals surface area contributed by atoms with Gasteiger partial charge in [-0.1, -0.05) is 18.7 Å². The minimum Gasteiger partial charge on any atom is -0.395 e.